The Morgan fingerprint density at radius 3 is 2.70 bits per heavy atom. The van der Waals surface area contributed by atoms with Crippen molar-refractivity contribution in [2.45, 2.75) is 11.0 Å². The predicted octanol–water partition coefficient (Wildman–Crippen LogP) is 4.63. The van der Waals surface area contributed by atoms with Crippen molar-refractivity contribution in [2.24, 2.45) is 0 Å². The number of alkyl halides is 1. The lowest BCUT2D eigenvalue weighted by Crippen LogP contribution is -2.14. The van der Waals surface area contributed by atoms with Crippen LogP contribution in [0.2, 0.25) is 5.02 Å². The number of nitrogens with one attached hydrogen (secondary N) is 1. The van der Waals surface area contributed by atoms with Crippen molar-refractivity contribution in [3.05, 3.63) is 63.3 Å². The second kappa shape index (κ2) is 8.85. The molecule has 0 saturated carbocycles. The normalized spacial score (nSPS) is 10.7. The molecule has 0 bridgehead atoms. The molecule has 0 aliphatic heterocycles. The number of rotatable bonds is 6. The Balaban J connectivity index is 1.71. The average Bonchev–Trinajstić information content (AvgIpc) is 3.04. The van der Waals surface area contributed by atoms with E-state index in [1.807, 2.05) is 0 Å². The number of aromatic nitrogens is 3. The van der Waals surface area contributed by atoms with Crippen LogP contribution in [0.25, 0.3) is 0 Å². The van der Waals surface area contributed by atoms with E-state index in [1.54, 1.807) is 0 Å². The summed E-state index contributed by atoms with van der Waals surface area (Å²) >= 11 is 9.08. The molecule has 0 unspecified atom stereocenters. The van der Waals surface area contributed by atoms with E-state index in [2.05, 4.69) is 42.2 Å². The van der Waals surface area contributed by atoms with Gasteiger partial charge in [-0.3, -0.25) is 4.79 Å². The first-order valence-electron chi connectivity index (χ1n) is 7.39. The van der Waals surface area contributed by atoms with E-state index in [4.69, 9.17) is 16.3 Å². The molecule has 0 atom stereocenters. The van der Waals surface area contributed by atoms with Gasteiger partial charge in [0.25, 0.3) is 5.91 Å². The fourth-order valence-electron chi connectivity index (χ4n) is 1.94. The Kier molecular flexibility index (Phi) is 6.50. The summed E-state index contributed by atoms with van der Waals surface area (Å²) in [5.74, 6) is -2.17. The zero-order valence-electron chi connectivity index (χ0n) is 13.4. The molecular formula is C16H10ClF2IN4O2S. The Hall–Kier alpha value is -1.92. The minimum Gasteiger partial charge on any atom is -0.459 e. The van der Waals surface area contributed by atoms with Gasteiger partial charge in [0, 0.05) is 4.43 Å². The lowest BCUT2D eigenvalue weighted by molar-refractivity contribution is 0.102. The Labute approximate surface area is 175 Å². The summed E-state index contributed by atoms with van der Waals surface area (Å²) in [5, 5.41) is 2.57. The van der Waals surface area contributed by atoms with Gasteiger partial charge < -0.3 is 10.1 Å². The van der Waals surface area contributed by atoms with Crippen molar-refractivity contribution >= 4 is 57.4 Å². The summed E-state index contributed by atoms with van der Waals surface area (Å²) in [6, 6.07) is 5.52. The van der Waals surface area contributed by atoms with Crippen molar-refractivity contribution in [1.82, 2.24) is 14.3 Å². The van der Waals surface area contributed by atoms with Crippen LogP contribution in [-0.4, -0.2) is 20.2 Å². The van der Waals surface area contributed by atoms with Crippen LogP contribution in [-0.2, 0) is 11.0 Å². The number of ether oxygens (including phenoxy) is 1. The molecule has 2 heterocycles. The van der Waals surface area contributed by atoms with E-state index in [1.165, 1.54) is 24.3 Å². The standard InChI is InChI=1S/C16H10ClF2IN4O2S/c17-12-11(5-20)24-27-13(12)15(25)22-14-10(19)6-21-16(23-14)26-7-8-1-3-9(18)4-2-8/h1-4,6H,5,7H2,(H,21,22,23,25). The van der Waals surface area contributed by atoms with Gasteiger partial charge in [0.05, 0.1) is 16.9 Å². The second-order valence-corrected chi connectivity index (χ2v) is 7.04. The number of halogens is 4. The molecule has 27 heavy (non-hydrogen) atoms. The highest BCUT2D eigenvalue weighted by Crippen LogP contribution is 2.27. The van der Waals surface area contributed by atoms with Crippen molar-refractivity contribution < 1.29 is 18.3 Å². The second-order valence-electron chi connectivity index (χ2n) is 5.12. The quantitative estimate of drug-likeness (QED) is 0.377. The van der Waals surface area contributed by atoms with Gasteiger partial charge in [-0.15, -0.1) is 0 Å². The van der Waals surface area contributed by atoms with Gasteiger partial charge in [-0.2, -0.15) is 9.36 Å². The molecule has 0 radical (unpaired) electrons. The topological polar surface area (TPSA) is 77.0 Å². The van der Waals surface area contributed by atoms with Gasteiger partial charge in [0.2, 0.25) is 0 Å². The largest absolute Gasteiger partial charge is 0.459 e. The number of carbonyl (C=O) groups is 1. The maximum Gasteiger partial charge on any atom is 0.318 e. The average molecular weight is 523 g/mol. The highest BCUT2D eigenvalue weighted by atomic mass is 127. The fourth-order valence-corrected chi connectivity index (χ4v) is 3.98. The number of nitrogens with zero attached hydrogens (tertiary/aromatic N) is 3. The molecule has 6 nitrogen and oxygen atoms in total. The third kappa shape index (κ3) is 4.87. The van der Waals surface area contributed by atoms with Gasteiger partial charge in [-0.25, -0.2) is 13.8 Å². The minimum atomic E-state index is -0.827. The fraction of sp³-hybridized carbons (Fsp3) is 0.125. The van der Waals surface area contributed by atoms with E-state index in [9.17, 15) is 13.6 Å². The van der Waals surface area contributed by atoms with Gasteiger partial charge in [0.1, 0.15) is 17.3 Å². The van der Waals surface area contributed by atoms with E-state index in [-0.39, 0.29) is 34.2 Å². The first-order chi connectivity index (χ1) is 13.0. The summed E-state index contributed by atoms with van der Waals surface area (Å²) in [6.07, 6.45) is 0.882. The molecule has 11 heteroatoms. The highest BCUT2D eigenvalue weighted by molar-refractivity contribution is 14.1. The van der Waals surface area contributed by atoms with Crippen molar-refractivity contribution in [2.75, 3.05) is 5.32 Å². The molecule has 2 aromatic heterocycles. The van der Waals surface area contributed by atoms with Crippen LogP contribution in [0.15, 0.2) is 30.5 Å². The monoisotopic (exact) mass is 522 g/mol. The van der Waals surface area contributed by atoms with Crippen LogP contribution in [0.3, 0.4) is 0 Å². The SMILES string of the molecule is O=C(Nc1nc(OCc2ccc(F)cc2)ncc1F)c1snc(CI)c1Cl. The molecule has 3 aromatic rings. The molecule has 1 aromatic carbocycles. The van der Waals surface area contributed by atoms with Crippen LogP contribution in [0.4, 0.5) is 14.6 Å². The smallest absolute Gasteiger partial charge is 0.318 e. The molecule has 0 aliphatic rings. The summed E-state index contributed by atoms with van der Waals surface area (Å²) in [6.45, 7) is 0.0546. The van der Waals surface area contributed by atoms with Gasteiger partial charge in [-0.05, 0) is 29.2 Å². The summed E-state index contributed by atoms with van der Waals surface area (Å²) in [5.41, 5.74) is 1.26. The predicted molar refractivity (Wildman–Crippen MR) is 106 cm³/mol. The zero-order valence-corrected chi connectivity index (χ0v) is 17.1. The Morgan fingerprint density at radius 2 is 2.04 bits per heavy atom. The lowest BCUT2D eigenvalue weighted by atomic mass is 10.2. The van der Waals surface area contributed by atoms with Crippen LogP contribution in [0, 0.1) is 11.6 Å². The van der Waals surface area contributed by atoms with E-state index in [0.717, 1.165) is 17.7 Å². The third-order valence-electron chi connectivity index (χ3n) is 3.27. The van der Waals surface area contributed by atoms with Crippen LogP contribution >= 0.6 is 45.7 Å². The number of amides is 1. The third-order valence-corrected chi connectivity index (χ3v) is 5.39. The molecule has 0 saturated heterocycles. The molecule has 1 N–H and O–H groups in total. The van der Waals surface area contributed by atoms with E-state index in [0.29, 0.717) is 15.7 Å². The van der Waals surface area contributed by atoms with Crippen molar-refractivity contribution in [1.29, 1.82) is 0 Å². The number of carbonyl (C=O) groups excluding carboxylic acids is 1. The molecule has 1 amide bonds. The highest BCUT2D eigenvalue weighted by Gasteiger charge is 2.20. The maximum absolute atomic E-state index is 13.9. The summed E-state index contributed by atoms with van der Waals surface area (Å²) < 4.78 is 36.8. The van der Waals surface area contributed by atoms with Gasteiger partial charge >= 0.3 is 6.01 Å². The molecule has 0 fully saturated rings. The molecule has 0 aliphatic carbocycles. The zero-order chi connectivity index (χ0) is 19.4. The lowest BCUT2D eigenvalue weighted by Gasteiger charge is -2.08. The summed E-state index contributed by atoms with van der Waals surface area (Å²) in [4.78, 5) is 20.0. The molecule has 3 rings (SSSR count). The molecule has 0 spiro atoms. The number of hydrogen-bond donors (Lipinski definition) is 1. The molecule has 140 valence electrons. The van der Waals surface area contributed by atoms with Crippen LogP contribution in [0.5, 0.6) is 6.01 Å². The van der Waals surface area contributed by atoms with Crippen LogP contribution in [0.1, 0.15) is 20.9 Å². The minimum absolute atomic E-state index is 0.0546. The number of benzene rings is 1. The van der Waals surface area contributed by atoms with E-state index >= 15 is 0 Å². The van der Waals surface area contributed by atoms with Gasteiger partial charge in [0.15, 0.2) is 11.6 Å². The summed E-state index contributed by atoms with van der Waals surface area (Å²) in [7, 11) is 0. The van der Waals surface area contributed by atoms with E-state index < -0.39 is 11.7 Å². The van der Waals surface area contributed by atoms with Gasteiger partial charge in [-0.1, -0.05) is 46.3 Å². The van der Waals surface area contributed by atoms with Crippen molar-refractivity contribution in [3.8, 4) is 6.01 Å². The van der Waals surface area contributed by atoms with Crippen molar-refractivity contribution in [3.63, 3.8) is 0 Å². The first kappa shape index (κ1) is 19.8. The first-order valence-corrected chi connectivity index (χ1v) is 10.1. The van der Waals surface area contributed by atoms with Crippen LogP contribution < -0.4 is 10.1 Å². The Bertz CT molecular complexity index is 972. The Morgan fingerprint density at radius 1 is 1.30 bits per heavy atom. The number of anilines is 1. The number of hydrogen-bond acceptors (Lipinski definition) is 6. The maximum atomic E-state index is 13.9. The molecular weight excluding hydrogens is 513 g/mol.